The van der Waals surface area contributed by atoms with E-state index in [4.69, 9.17) is 4.74 Å². The number of methoxy groups -OCH3 is 1. The van der Waals surface area contributed by atoms with Gasteiger partial charge in [0.25, 0.3) is 0 Å². The molecule has 1 amide bonds. The monoisotopic (exact) mass is 307 g/mol. The van der Waals surface area contributed by atoms with Crippen molar-refractivity contribution in [2.24, 2.45) is 0 Å². The summed E-state index contributed by atoms with van der Waals surface area (Å²) in [4.78, 5) is 20.1. The van der Waals surface area contributed by atoms with Crippen LogP contribution in [0.3, 0.4) is 0 Å². The summed E-state index contributed by atoms with van der Waals surface area (Å²) in [6, 6.07) is 11.7. The minimum Gasteiger partial charge on any atom is -0.496 e. The van der Waals surface area contributed by atoms with Gasteiger partial charge < -0.3 is 15.0 Å². The summed E-state index contributed by atoms with van der Waals surface area (Å²) < 4.78 is 5.41. The Morgan fingerprint density at radius 3 is 2.74 bits per heavy atom. The summed E-state index contributed by atoms with van der Waals surface area (Å²) in [7, 11) is 1.65. The SMILES string of the molecule is COc1ccccc1-c1nc2cc3c(cc2[nH]1)NC(=O)C3(C)C. The number of hydrogen-bond donors (Lipinski definition) is 2. The second-order valence-electron chi connectivity index (χ2n) is 6.28. The molecule has 5 nitrogen and oxygen atoms in total. The second kappa shape index (κ2) is 4.59. The number of anilines is 1. The number of H-pyrrole nitrogens is 1. The zero-order valence-electron chi connectivity index (χ0n) is 13.2. The van der Waals surface area contributed by atoms with Crippen molar-refractivity contribution < 1.29 is 9.53 Å². The molecule has 2 N–H and O–H groups in total. The Hall–Kier alpha value is -2.82. The van der Waals surface area contributed by atoms with Gasteiger partial charge in [-0.2, -0.15) is 0 Å². The Morgan fingerprint density at radius 1 is 1.17 bits per heavy atom. The summed E-state index contributed by atoms with van der Waals surface area (Å²) in [6.07, 6.45) is 0. The van der Waals surface area contributed by atoms with Gasteiger partial charge in [-0.3, -0.25) is 4.79 Å². The maximum atomic E-state index is 12.1. The van der Waals surface area contributed by atoms with Gasteiger partial charge in [0.2, 0.25) is 5.91 Å². The van der Waals surface area contributed by atoms with Gasteiger partial charge in [0.15, 0.2) is 0 Å². The number of benzene rings is 2. The zero-order chi connectivity index (χ0) is 16.2. The highest BCUT2D eigenvalue weighted by molar-refractivity contribution is 6.07. The van der Waals surface area contributed by atoms with Crippen molar-refractivity contribution in [3.63, 3.8) is 0 Å². The Morgan fingerprint density at radius 2 is 1.96 bits per heavy atom. The number of aromatic amines is 1. The lowest BCUT2D eigenvalue weighted by Crippen LogP contribution is -2.26. The van der Waals surface area contributed by atoms with E-state index in [0.29, 0.717) is 0 Å². The fourth-order valence-corrected chi connectivity index (χ4v) is 3.05. The van der Waals surface area contributed by atoms with Crippen molar-refractivity contribution in [3.8, 4) is 17.1 Å². The number of fused-ring (bicyclic) bond motifs is 2. The molecule has 0 unspecified atom stereocenters. The molecule has 1 aromatic heterocycles. The third kappa shape index (κ3) is 1.93. The second-order valence-corrected chi connectivity index (χ2v) is 6.28. The molecule has 3 aromatic rings. The summed E-state index contributed by atoms with van der Waals surface area (Å²) in [5.74, 6) is 1.54. The van der Waals surface area contributed by atoms with Gasteiger partial charge in [-0.25, -0.2) is 4.98 Å². The van der Waals surface area contributed by atoms with Crippen LogP contribution in [0.1, 0.15) is 19.4 Å². The smallest absolute Gasteiger partial charge is 0.234 e. The van der Waals surface area contributed by atoms with E-state index in [1.54, 1.807) is 7.11 Å². The first kappa shape index (κ1) is 13.8. The third-order valence-electron chi connectivity index (χ3n) is 4.47. The van der Waals surface area contributed by atoms with Crippen molar-refractivity contribution in [3.05, 3.63) is 42.0 Å². The van der Waals surface area contributed by atoms with Crippen LogP contribution in [-0.4, -0.2) is 23.0 Å². The molecule has 23 heavy (non-hydrogen) atoms. The van der Waals surface area contributed by atoms with Crippen molar-refractivity contribution >= 4 is 22.6 Å². The number of ether oxygens (including phenoxy) is 1. The minimum atomic E-state index is -0.535. The van der Waals surface area contributed by atoms with Crippen molar-refractivity contribution in [1.82, 2.24) is 9.97 Å². The predicted molar refractivity (Wildman–Crippen MR) is 89.7 cm³/mol. The number of carbonyl (C=O) groups is 1. The van der Waals surface area contributed by atoms with Gasteiger partial charge in [0.05, 0.1) is 29.1 Å². The topological polar surface area (TPSA) is 67.0 Å². The van der Waals surface area contributed by atoms with E-state index >= 15 is 0 Å². The van der Waals surface area contributed by atoms with Gasteiger partial charge in [0, 0.05) is 5.69 Å². The van der Waals surface area contributed by atoms with Crippen LogP contribution in [0.4, 0.5) is 5.69 Å². The van der Waals surface area contributed by atoms with Gasteiger partial charge in [-0.05, 0) is 43.7 Å². The van der Waals surface area contributed by atoms with Crippen LogP contribution in [0, 0.1) is 0 Å². The van der Waals surface area contributed by atoms with Gasteiger partial charge in [0.1, 0.15) is 11.6 Å². The maximum absolute atomic E-state index is 12.1. The number of para-hydroxylation sites is 1. The Labute approximate surface area is 133 Å². The summed E-state index contributed by atoms with van der Waals surface area (Å²) in [5.41, 5.74) is 3.94. The molecule has 0 saturated carbocycles. The van der Waals surface area contributed by atoms with Gasteiger partial charge in [-0.1, -0.05) is 12.1 Å². The number of rotatable bonds is 2. The highest BCUT2D eigenvalue weighted by atomic mass is 16.5. The molecule has 5 heteroatoms. The molecule has 0 aliphatic carbocycles. The molecule has 0 bridgehead atoms. The average Bonchev–Trinajstić information content (AvgIpc) is 3.05. The quantitative estimate of drug-likeness (QED) is 0.762. The van der Waals surface area contributed by atoms with E-state index in [9.17, 15) is 4.79 Å². The lowest BCUT2D eigenvalue weighted by Gasteiger charge is -2.14. The van der Waals surface area contributed by atoms with Crippen molar-refractivity contribution in [2.45, 2.75) is 19.3 Å². The van der Waals surface area contributed by atoms with Crippen LogP contribution >= 0.6 is 0 Å². The standard InChI is InChI=1S/C18H17N3O2/c1-18(2)11-8-13-14(9-12(11)21-17(18)22)20-16(19-13)10-6-4-5-7-15(10)23-3/h4-9H,1-3H3,(H,19,20)(H,21,22). The van der Waals surface area contributed by atoms with E-state index < -0.39 is 5.41 Å². The van der Waals surface area contributed by atoms with Crippen LogP contribution in [0.2, 0.25) is 0 Å². The molecule has 1 aliphatic rings. The number of amides is 1. The largest absolute Gasteiger partial charge is 0.496 e. The van der Waals surface area contributed by atoms with Crippen LogP contribution < -0.4 is 10.1 Å². The first-order valence-corrected chi connectivity index (χ1v) is 7.50. The van der Waals surface area contributed by atoms with E-state index in [2.05, 4.69) is 15.3 Å². The van der Waals surface area contributed by atoms with E-state index in [0.717, 1.165) is 39.4 Å². The van der Waals surface area contributed by atoms with Crippen LogP contribution in [-0.2, 0) is 10.2 Å². The van der Waals surface area contributed by atoms with E-state index in [-0.39, 0.29) is 5.91 Å². The highest BCUT2D eigenvalue weighted by Crippen LogP contribution is 2.40. The lowest BCUT2D eigenvalue weighted by atomic mass is 9.86. The van der Waals surface area contributed by atoms with E-state index in [1.807, 2.05) is 50.2 Å². The lowest BCUT2D eigenvalue weighted by molar-refractivity contribution is -0.119. The number of aromatic nitrogens is 2. The maximum Gasteiger partial charge on any atom is 0.234 e. The fraction of sp³-hybridized carbons (Fsp3) is 0.222. The summed E-state index contributed by atoms with van der Waals surface area (Å²) in [5, 5.41) is 2.94. The molecule has 1 aliphatic heterocycles. The molecule has 0 fully saturated rings. The molecule has 0 radical (unpaired) electrons. The Bertz CT molecular complexity index is 941. The normalized spacial score (nSPS) is 15.5. The molecule has 0 atom stereocenters. The molecular weight excluding hydrogens is 290 g/mol. The fourth-order valence-electron chi connectivity index (χ4n) is 3.05. The number of nitrogens with one attached hydrogen (secondary N) is 2. The Kier molecular flexibility index (Phi) is 2.75. The molecule has 116 valence electrons. The predicted octanol–water partition coefficient (Wildman–Crippen LogP) is 3.47. The molecule has 2 aromatic carbocycles. The van der Waals surface area contributed by atoms with Crippen molar-refractivity contribution in [1.29, 1.82) is 0 Å². The molecule has 0 saturated heterocycles. The molecule has 2 heterocycles. The first-order valence-electron chi connectivity index (χ1n) is 7.50. The van der Waals surface area contributed by atoms with Crippen LogP contribution in [0.15, 0.2) is 36.4 Å². The first-order chi connectivity index (χ1) is 11.0. The van der Waals surface area contributed by atoms with Crippen molar-refractivity contribution in [2.75, 3.05) is 12.4 Å². The van der Waals surface area contributed by atoms with E-state index in [1.165, 1.54) is 0 Å². The van der Waals surface area contributed by atoms with Crippen LogP contribution in [0.5, 0.6) is 5.75 Å². The minimum absolute atomic E-state index is 0.0186. The summed E-state index contributed by atoms with van der Waals surface area (Å²) in [6.45, 7) is 3.85. The number of hydrogen-bond acceptors (Lipinski definition) is 3. The number of nitrogens with zero attached hydrogens (tertiary/aromatic N) is 1. The number of carbonyl (C=O) groups excluding carboxylic acids is 1. The Balaban J connectivity index is 1.89. The summed E-state index contributed by atoms with van der Waals surface area (Å²) >= 11 is 0. The molecule has 4 rings (SSSR count). The van der Waals surface area contributed by atoms with Crippen LogP contribution in [0.25, 0.3) is 22.4 Å². The average molecular weight is 307 g/mol. The highest BCUT2D eigenvalue weighted by Gasteiger charge is 2.38. The number of imidazole rings is 1. The molecular formula is C18H17N3O2. The molecule has 0 spiro atoms. The van der Waals surface area contributed by atoms with Gasteiger partial charge in [-0.15, -0.1) is 0 Å². The zero-order valence-corrected chi connectivity index (χ0v) is 13.2. The van der Waals surface area contributed by atoms with Gasteiger partial charge >= 0.3 is 0 Å². The third-order valence-corrected chi connectivity index (χ3v) is 4.47.